The molecule has 2 aromatic rings. The average molecular weight is 494 g/mol. The highest BCUT2D eigenvalue weighted by atomic mass is 32.5. The number of benzene rings is 2. The minimum atomic E-state index is -9.97. The van der Waals surface area contributed by atoms with Crippen LogP contribution in [0, 0.1) is 0 Å². The largest absolute Gasteiger partial charge is 0.380 e. The van der Waals surface area contributed by atoms with Crippen molar-refractivity contribution in [2.45, 2.75) is 17.1 Å². The van der Waals surface area contributed by atoms with E-state index >= 15 is 0 Å². The molecule has 180 valence electrons. The number of halogens is 5. The van der Waals surface area contributed by atoms with Gasteiger partial charge in [0.2, 0.25) is 0 Å². The third kappa shape index (κ3) is 5.77. The fraction of sp³-hybridized carbons (Fsp3) is 0.211. The summed E-state index contributed by atoms with van der Waals surface area (Å²) in [4.78, 5) is 23.7. The maximum atomic E-state index is 13.1. The minimum Gasteiger partial charge on any atom is -0.380 e. The molecule has 1 heterocycles. The summed E-state index contributed by atoms with van der Waals surface area (Å²) in [5, 5.41) is 16.0. The number of morpholine rings is 1. The molecule has 0 spiro atoms. The van der Waals surface area contributed by atoms with E-state index < -0.39 is 44.8 Å². The van der Waals surface area contributed by atoms with Crippen molar-refractivity contribution >= 4 is 39.6 Å². The lowest BCUT2D eigenvalue weighted by Gasteiger charge is -2.41. The van der Waals surface area contributed by atoms with E-state index in [1.165, 1.54) is 18.3 Å². The van der Waals surface area contributed by atoms with Gasteiger partial charge in [-0.3, -0.25) is 9.59 Å². The first kappa shape index (κ1) is 24.4. The van der Waals surface area contributed by atoms with Gasteiger partial charge in [0, 0.05) is 17.9 Å². The monoisotopic (exact) mass is 494 g/mol. The smallest absolute Gasteiger partial charge is 0.310 e. The van der Waals surface area contributed by atoms with Gasteiger partial charge in [-0.2, -0.15) is 5.10 Å². The van der Waals surface area contributed by atoms with Gasteiger partial charge in [-0.1, -0.05) is 37.6 Å². The predicted octanol–water partition coefficient (Wildman–Crippen LogP) is 3.37. The van der Waals surface area contributed by atoms with Crippen LogP contribution in [0.15, 0.2) is 58.5 Å². The average Bonchev–Trinajstić information content (AvgIpc) is 2.73. The number of amides is 2. The number of hydrogen-bond acceptors (Lipinski definition) is 6. The van der Waals surface area contributed by atoms with Crippen molar-refractivity contribution in [3.05, 3.63) is 54.1 Å². The van der Waals surface area contributed by atoms with E-state index in [9.17, 15) is 34.1 Å². The predicted molar refractivity (Wildman–Crippen MR) is 113 cm³/mol. The molecule has 1 fully saturated rings. The molecule has 33 heavy (non-hydrogen) atoms. The number of nitrogens with one attached hydrogen (secondary N) is 1. The molecule has 0 aliphatic carbocycles. The summed E-state index contributed by atoms with van der Waals surface area (Å²) in [6, 6.07) is 8.21. The summed E-state index contributed by atoms with van der Waals surface area (Å²) < 4.78 is 70.9. The van der Waals surface area contributed by atoms with Crippen LogP contribution in [0.5, 0.6) is 0 Å². The highest BCUT2D eigenvalue weighted by Gasteiger charge is 2.65. The van der Waals surface area contributed by atoms with Crippen LogP contribution in [0.25, 0.3) is 0 Å². The van der Waals surface area contributed by atoms with Gasteiger partial charge in [-0.15, -0.1) is 0 Å². The highest BCUT2D eigenvalue weighted by molar-refractivity contribution is 8.45. The quantitative estimate of drug-likeness (QED) is 0.246. The molecule has 1 aliphatic heterocycles. The van der Waals surface area contributed by atoms with Gasteiger partial charge in [-0.25, -0.2) is 0 Å². The van der Waals surface area contributed by atoms with Crippen LogP contribution in [0.2, 0.25) is 0 Å². The van der Waals surface area contributed by atoms with Gasteiger partial charge >= 0.3 is 10.2 Å². The first-order chi connectivity index (χ1) is 15.2. The molecule has 3 rings (SSSR count). The summed E-state index contributed by atoms with van der Waals surface area (Å²) >= 11 is 0. The third-order valence-corrected chi connectivity index (χ3v) is 5.80. The Hall–Kier alpha value is -3.23. The van der Waals surface area contributed by atoms with Crippen molar-refractivity contribution in [3.63, 3.8) is 0 Å². The van der Waals surface area contributed by atoms with Crippen LogP contribution >= 0.6 is 10.2 Å². The number of nitrogens with zero attached hydrogens (tertiary/aromatic N) is 2. The molecular weight excluding hydrogens is 475 g/mol. The lowest BCUT2D eigenvalue weighted by atomic mass is 10.1. The number of ether oxygens (including phenoxy) is 1. The van der Waals surface area contributed by atoms with Crippen molar-refractivity contribution in [3.8, 4) is 0 Å². The molecule has 2 atom stereocenters. The minimum absolute atomic E-state index is 0.153. The van der Waals surface area contributed by atoms with Gasteiger partial charge in [-0.05, 0) is 35.9 Å². The molecule has 2 amide bonds. The zero-order valence-corrected chi connectivity index (χ0v) is 17.5. The van der Waals surface area contributed by atoms with E-state index in [2.05, 4.69) is 10.4 Å². The van der Waals surface area contributed by atoms with E-state index in [4.69, 9.17) is 10.6 Å². The molecule has 1 saturated heterocycles. The SMILES string of the molecule is NN=Cc1ccc(NC(=O)[C@H](O)[C@H]2OCCN(c3cccc(S(F)(F)(F)(F)F)c3)C2=O)cc1. The Morgan fingerprint density at radius 1 is 1.21 bits per heavy atom. The zero-order chi connectivity index (χ0) is 24.5. The lowest BCUT2D eigenvalue weighted by Crippen LogP contribution is -2.55. The second-order valence-corrected chi connectivity index (χ2v) is 9.49. The summed E-state index contributed by atoms with van der Waals surface area (Å²) in [5.41, 5.74) is 0.423. The van der Waals surface area contributed by atoms with Crippen LogP contribution in [-0.2, 0) is 14.3 Å². The maximum Gasteiger partial charge on any atom is 0.310 e. The van der Waals surface area contributed by atoms with E-state index in [-0.39, 0.29) is 31.0 Å². The number of nitrogens with two attached hydrogens (primary N) is 1. The van der Waals surface area contributed by atoms with Crippen LogP contribution in [0.1, 0.15) is 5.56 Å². The van der Waals surface area contributed by atoms with Crippen molar-refractivity contribution in [1.29, 1.82) is 0 Å². The zero-order valence-electron chi connectivity index (χ0n) is 16.7. The lowest BCUT2D eigenvalue weighted by molar-refractivity contribution is -0.150. The first-order valence-corrected chi connectivity index (χ1v) is 11.2. The van der Waals surface area contributed by atoms with Crippen LogP contribution in [0.3, 0.4) is 0 Å². The Kier molecular flexibility index (Phi) is 5.89. The molecule has 14 heteroatoms. The van der Waals surface area contributed by atoms with Crippen LogP contribution in [-0.4, -0.2) is 48.5 Å². The van der Waals surface area contributed by atoms with Gasteiger partial charge in [0.05, 0.1) is 12.8 Å². The normalized spacial score (nSPS) is 20.2. The van der Waals surface area contributed by atoms with Gasteiger partial charge in [0.25, 0.3) is 11.8 Å². The molecule has 0 radical (unpaired) electrons. The first-order valence-electron chi connectivity index (χ1n) is 9.29. The van der Waals surface area contributed by atoms with Gasteiger partial charge in [0.15, 0.2) is 12.2 Å². The number of carbonyl (C=O) groups is 2. The Balaban J connectivity index is 1.77. The fourth-order valence-electron chi connectivity index (χ4n) is 3.07. The summed E-state index contributed by atoms with van der Waals surface area (Å²) in [5.74, 6) is 2.96. The second-order valence-electron chi connectivity index (χ2n) is 7.08. The highest BCUT2D eigenvalue weighted by Crippen LogP contribution is 3.02. The maximum absolute atomic E-state index is 13.1. The second kappa shape index (κ2) is 7.97. The van der Waals surface area contributed by atoms with Crippen LogP contribution < -0.4 is 16.1 Å². The summed E-state index contributed by atoms with van der Waals surface area (Å²) in [6.07, 6.45) is -2.43. The topological polar surface area (TPSA) is 117 Å². The number of aliphatic hydroxyl groups is 1. The molecule has 0 bridgehead atoms. The van der Waals surface area contributed by atoms with Crippen molar-refractivity contribution < 1.29 is 38.9 Å². The van der Waals surface area contributed by atoms with Gasteiger partial charge < -0.3 is 25.9 Å². The van der Waals surface area contributed by atoms with Crippen LogP contribution in [0.4, 0.5) is 30.8 Å². The Labute approximate surface area is 184 Å². The molecule has 2 aromatic carbocycles. The molecule has 4 N–H and O–H groups in total. The number of carbonyl (C=O) groups excluding carboxylic acids is 2. The van der Waals surface area contributed by atoms with Crippen molar-refractivity contribution in [1.82, 2.24) is 0 Å². The fourth-order valence-corrected chi connectivity index (χ4v) is 3.75. The Morgan fingerprint density at radius 2 is 1.88 bits per heavy atom. The molecule has 8 nitrogen and oxygen atoms in total. The molecule has 0 saturated carbocycles. The van der Waals surface area contributed by atoms with Crippen molar-refractivity contribution in [2.24, 2.45) is 10.9 Å². The third-order valence-electron chi connectivity index (χ3n) is 4.65. The standard InChI is InChI=1S/C19H19F5N4O4S/c20-33(21,22,23,24)15-3-1-2-14(10-15)28-8-9-32-17(19(28)31)16(29)18(30)27-13-6-4-12(5-7-13)11-26-25/h1-7,10-11,16-17,29H,8-9,25H2,(H,27,30)/t16-,17-/m1/s1. The summed E-state index contributed by atoms with van der Waals surface area (Å²) in [6.45, 7) is -0.522. The number of hydrazone groups is 1. The molecule has 1 aliphatic rings. The van der Waals surface area contributed by atoms with E-state index in [0.717, 1.165) is 17.0 Å². The van der Waals surface area contributed by atoms with Gasteiger partial charge in [0.1, 0.15) is 4.90 Å². The number of aliphatic hydroxyl groups excluding tert-OH is 1. The molecule has 0 unspecified atom stereocenters. The molecular formula is C19H19F5N4O4S. The van der Waals surface area contributed by atoms with E-state index in [0.29, 0.717) is 5.56 Å². The number of hydrogen-bond donors (Lipinski definition) is 3. The number of rotatable bonds is 6. The summed E-state index contributed by atoms with van der Waals surface area (Å²) in [7, 11) is -9.97. The van der Waals surface area contributed by atoms with E-state index in [1.807, 2.05) is 0 Å². The Morgan fingerprint density at radius 3 is 2.48 bits per heavy atom. The van der Waals surface area contributed by atoms with Crippen molar-refractivity contribution in [2.75, 3.05) is 23.4 Å². The Bertz CT molecular complexity index is 1100. The number of anilines is 2. The van der Waals surface area contributed by atoms with E-state index in [1.54, 1.807) is 12.1 Å². The molecule has 0 aromatic heterocycles.